The Hall–Kier alpha value is -3.56. The van der Waals surface area contributed by atoms with Crippen LogP contribution < -0.4 is 10.2 Å². The SMILES string of the molecule is O=C(Cn1ccc(C(F)(F)F)n1)Nc1ccc2c(c1)CCN2C(=O)c1ccoc1. The maximum atomic E-state index is 12.6. The number of furan rings is 1. The summed E-state index contributed by atoms with van der Waals surface area (Å²) in [4.78, 5) is 26.3. The van der Waals surface area contributed by atoms with Crippen LogP contribution in [-0.4, -0.2) is 28.1 Å². The van der Waals surface area contributed by atoms with E-state index in [1.54, 1.807) is 29.2 Å². The second-order valence-electron chi connectivity index (χ2n) is 6.51. The first-order chi connectivity index (χ1) is 13.8. The molecular weight excluding hydrogens is 389 g/mol. The molecule has 3 heterocycles. The first-order valence-corrected chi connectivity index (χ1v) is 8.69. The van der Waals surface area contributed by atoms with Crippen LogP contribution in [0.25, 0.3) is 0 Å². The lowest BCUT2D eigenvalue weighted by Gasteiger charge is -2.16. The zero-order chi connectivity index (χ0) is 20.6. The number of anilines is 2. The van der Waals surface area contributed by atoms with Gasteiger partial charge < -0.3 is 14.6 Å². The van der Waals surface area contributed by atoms with Crippen molar-refractivity contribution in [2.45, 2.75) is 19.1 Å². The van der Waals surface area contributed by atoms with E-state index in [0.717, 1.165) is 28.2 Å². The van der Waals surface area contributed by atoms with Crippen LogP contribution in [-0.2, 0) is 23.9 Å². The van der Waals surface area contributed by atoms with E-state index in [-0.39, 0.29) is 12.5 Å². The number of carbonyl (C=O) groups excluding carboxylic acids is 2. The van der Waals surface area contributed by atoms with Crippen LogP contribution in [0.1, 0.15) is 21.6 Å². The molecule has 1 N–H and O–H groups in total. The molecule has 1 aliphatic rings. The molecule has 0 spiro atoms. The van der Waals surface area contributed by atoms with E-state index in [1.807, 2.05) is 0 Å². The van der Waals surface area contributed by atoms with Crippen LogP contribution >= 0.6 is 0 Å². The third kappa shape index (κ3) is 3.86. The van der Waals surface area contributed by atoms with Gasteiger partial charge >= 0.3 is 6.18 Å². The Bertz CT molecular complexity index is 1060. The van der Waals surface area contributed by atoms with E-state index in [4.69, 9.17) is 4.42 Å². The van der Waals surface area contributed by atoms with E-state index in [2.05, 4.69) is 10.4 Å². The van der Waals surface area contributed by atoms with Crippen molar-refractivity contribution >= 4 is 23.2 Å². The number of halogens is 3. The normalized spacial score (nSPS) is 13.4. The molecule has 2 aromatic heterocycles. The molecule has 0 aliphatic carbocycles. The summed E-state index contributed by atoms with van der Waals surface area (Å²) in [5, 5.41) is 5.99. The second kappa shape index (κ2) is 7.12. The third-order valence-corrected chi connectivity index (χ3v) is 4.51. The maximum Gasteiger partial charge on any atom is 0.435 e. The molecule has 150 valence electrons. The molecule has 10 heteroatoms. The van der Waals surface area contributed by atoms with Gasteiger partial charge in [0, 0.05) is 24.1 Å². The molecule has 0 atom stereocenters. The standard InChI is InChI=1S/C19H15F3N4O3/c20-19(21,22)16-4-6-25(24-16)10-17(27)23-14-1-2-15-12(9-14)3-7-26(15)18(28)13-5-8-29-11-13/h1-2,4-6,8-9,11H,3,7,10H2,(H,23,27). The highest BCUT2D eigenvalue weighted by Gasteiger charge is 2.33. The van der Waals surface area contributed by atoms with Crippen molar-refractivity contribution in [2.75, 3.05) is 16.8 Å². The van der Waals surface area contributed by atoms with Crippen molar-refractivity contribution in [1.29, 1.82) is 0 Å². The zero-order valence-electron chi connectivity index (χ0n) is 14.9. The fraction of sp³-hybridized carbons (Fsp3) is 0.211. The van der Waals surface area contributed by atoms with Gasteiger partial charge in [0.2, 0.25) is 5.91 Å². The lowest BCUT2D eigenvalue weighted by atomic mass is 10.1. The minimum Gasteiger partial charge on any atom is -0.472 e. The first kappa shape index (κ1) is 18.8. The van der Waals surface area contributed by atoms with Gasteiger partial charge in [-0.2, -0.15) is 18.3 Å². The predicted molar refractivity (Wildman–Crippen MR) is 96.4 cm³/mol. The van der Waals surface area contributed by atoms with E-state index in [9.17, 15) is 22.8 Å². The Kier molecular flexibility index (Phi) is 4.61. The van der Waals surface area contributed by atoms with Crippen molar-refractivity contribution in [3.8, 4) is 0 Å². The Morgan fingerprint density at radius 3 is 2.72 bits per heavy atom. The molecule has 7 nitrogen and oxygen atoms in total. The van der Waals surface area contributed by atoms with Gasteiger partial charge in [-0.1, -0.05) is 0 Å². The van der Waals surface area contributed by atoms with Gasteiger partial charge in [-0.3, -0.25) is 14.3 Å². The Morgan fingerprint density at radius 2 is 2.03 bits per heavy atom. The van der Waals surface area contributed by atoms with Gasteiger partial charge in [0.1, 0.15) is 12.8 Å². The number of nitrogens with zero attached hydrogens (tertiary/aromatic N) is 3. The van der Waals surface area contributed by atoms with Crippen LogP contribution in [0.4, 0.5) is 24.5 Å². The maximum absolute atomic E-state index is 12.6. The fourth-order valence-electron chi connectivity index (χ4n) is 3.18. The van der Waals surface area contributed by atoms with Gasteiger partial charge in [0.25, 0.3) is 5.91 Å². The van der Waals surface area contributed by atoms with Crippen LogP contribution in [0.2, 0.25) is 0 Å². The number of benzene rings is 1. The molecule has 3 aromatic rings. The number of hydrogen-bond donors (Lipinski definition) is 1. The molecule has 0 fully saturated rings. The van der Waals surface area contributed by atoms with Crippen LogP contribution in [0.5, 0.6) is 0 Å². The second-order valence-corrected chi connectivity index (χ2v) is 6.51. The number of aromatic nitrogens is 2. The van der Waals surface area contributed by atoms with Crippen LogP contribution in [0.15, 0.2) is 53.5 Å². The van der Waals surface area contributed by atoms with Gasteiger partial charge in [-0.25, -0.2) is 0 Å². The molecule has 2 amide bonds. The fourth-order valence-corrected chi connectivity index (χ4v) is 3.18. The number of alkyl halides is 3. The summed E-state index contributed by atoms with van der Waals surface area (Å²) >= 11 is 0. The molecule has 0 saturated carbocycles. The average molecular weight is 404 g/mol. The van der Waals surface area contributed by atoms with Gasteiger partial charge in [0.05, 0.1) is 11.8 Å². The summed E-state index contributed by atoms with van der Waals surface area (Å²) in [6.45, 7) is 0.155. The van der Waals surface area contributed by atoms with Crippen molar-refractivity contribution in [1.82, 2.24) is 9.78 Å². The van der Waals surface area contributed by atoms with Crippen molar-refractivity contribution < 1.29 is 27.2 Å². The summed E-state index contributed by atoms with van der Waals surface area (Å²) < 4.78 is 43.6. The average Bonchev–Trinajstić information content (AvgIpc) is 3.40. The number of amides is 2. The molecule has 0 radical (unpaired) electrons. The summed E-state index contributed by atoms with van der Waals surface area (Å²) in [5.41, 5.74) is 1.53. The zero-order valence-corrected chi connectivity index (χ0v) is 14.9. The quantitative estimate of drug-likeness (QED) is 0.723. The highest BCUT2D eigenvalue weighted by atomic mass is 19.4. The third-order valence-electron chi connectivity index (χ3n) is 4.51. The van der Waals surface area contributed by atoms with Crippen molar-refractivity contribution in [3.05, 3.63) is 65.9 Å². The first-order valence-electron chi connectivity index (χ1n) is 8.69. The molecule has 0 saturated heterocycles. The number of fused-ring (bicyclic) bond motifs is 1. The molecule has 1 aliphatic heterocycles. The van der Waals surface area contributed by atoms with E-state index < -0.39 is 17.8 Å². The molecule has 29 heavy (non-hydrogen) atoms. The molecule has 0 unspecified atom stereocenters. The number of nitrogens with one attached hydrogen (secondary N) is 1. The highest BCUT2D eigenvalue weighted by molar-refractivity contribution is 6.07. The van der Waals surface area contributed by atoms with E-state index >= 15 is 0 Å². The molecule has 0 bridgehead atoms. The summed E-state index contributed by atoms with van der Waals surface area (Å²) in [6.07, 6.45) is -0.0167. The monoisotopic (exact) mass is 404 g/mol. The van der Waals surface area contributed by atoms with Crippen molar-refractivity contribution in [3.63, 3.8) is 0 Å². The topological polar surface area (TPSA) is 80.4 Å². The summed E-state index contributed by atoms with van der Waals surface area (Å²) in [6, 6.07) is 7.52. The largest absolute Gasteiger partial charge is 0.472 e. The van der Waals surface area contributed by atoms with Crippen LogP contribution in [0, 0.1) is 0 Å². The van der Waals surface area contributed by atoms with Gasteiger partial charge in [-0.15, -0.1) is 0 Å². The Balaban J connectivity index is 1.42. The Labute approximate surface area is 162 Å². The van der Waals surface area contributed by atoms with E-state index in [1.165, 1.54) is 12.5 Å². The Morgan fingerprint density at radius 1 is 1.21 bits per heavy atom. The number of hydrogen-bond acceptors (Lipinski definition) is 4. The van der Waals surface area contributed by atoms with Gasteiger partial charge in [-0.05, 0) is 42.3 Å². The lowest BCUT2D eigenvalue weighted by molar-refractivity contribution is -0.141. The van der Waals surface area contributed by atoms with Crippen molar-refractivity contribution in [2.24, 2.45) is 0 Å². The molecule has 4 rings (SSSR count). The predicted octanol–water partition coefficient (Wildman–Crippen LogP) is 3.34. The van der Waals surface area contributed by atoms with Gasteiger partial charge in [0.15, 0.2) is 5.69 Å². The minimum atomic E-state index is -4.55. The molecule has 1 aromatic carbocycles. The lowest BCUT2D eigenvalue weighted by Crippen LogP contribution is -2.28. The summed E-state index contributed by atoms with van der Waals surface area (Å²) in [7, 11) is 0. The molecular formula is C19H15F3N4O3. The minimum absolute atomic E-state index is 0.173. The number of carbonyl (C=O) groups is 2. The number of rotatable bonds is 4. The summed E-state index contributed by atoms with van der Waals surface area (Å²) in [5.74, 6) is -0.681. The smallest absolute Gasteiger partial charge is 0.435 e. The van der Waals surface area contributed by atoms with E-state index in [0.29, 0.717) is 24.2 Å². The van der Waals surface area contributed by atoms with Crippen LogP contribution in [0.3, 0.4) is 0 Å². The highest BCUT2D eigenvalue weighted by Crippen LogP contribution is 2.32.